The van der Waals surface area contributed by atoms with Gasteiger partial charge >= 0.3 is 12.1 Å². The Hall–Kier alpha value is -2.78. The highest BCUT2D eigenvalue weighted by Gasteiger charge is 2.43. The summed E-state index contributed by atoms with van der Waals surface area (Å²) in [6.45, 7) is -0.109. The minimum Gasteiger partial charge on any atom is -0.493 e. The average molecular weight is 371 g/mol. The number of amides is 1. The van der Waals surface area contributed by atoms with Gasteiger partial charge in [-0.2, -0.15) is 13.2 Å². The Labute approximate surface area is 145 Å². The number of piperidine rings is 1. The number of aromatic amines is 1. The summed E-state index contributed by atoms with van der Waals surface area (Å²) in [6.07, 6.45) is -3.51. The van der Waals surface area contributed by atoms with Crippen molar-refractivity contribution in [2.45, 2.75) is 25.1 Å². The van der Waals surface area contributed by atoms with E-state index in [1.807, 2.05) is 0 Å². The lowest BCUT2D eigenvalue weighted by atomic mass is 10.1. The van der Waals surface area contributed by atoms with Crippen molar-refractivity contribution in [2.75, 3.05) is 20.2 Å². The summed E-state index contributed by atoms with van der Waals surface area (Å²) in [5.74, 6) is -1.17. The third-order valence-corrected chi connectivity index (χ3v) is 4.19. The van der Waals surface area contributed by atoms with Gasteiger partial charge in [0.25, 0.3) is 5.56 Å². The Bertz CT molecular complexity index is 873. The number of aromatic nitrogens is 2. The zero-order valence-electron chi connectivity index (χ0n) is 13.8. The quantitative estimate of drug-likeness (QED) is 0.890. The second-order valence-corrected chi connectivity index (χ2v) is 5.86. The van der Waals surface area contributed by atoms with Gasteiger partial charge in [0.15, 0.2) is 11.5 Å². The fraction of sp³-hybridized carbons (Fsp3) is 0.438. The van der Waals surface area contributed by atoms with E-state index in [-0.39, 0.29) is 31.5 Å². The number of ether oxygens (including phenoxy) is 2. The number of carbonyl (C=O) groups is 1. The van der Waals surface area contributed by atoms with E-state index >= 15 is 0 Å². The predicted molar refractivity (Wildman–Crippen MR) is 85.2 cm³/mol. The molecule has 3 rings (SSSR count). The van der Waals surface area contributed by atoms with Crippen molar-refractivity contribution in [3.05, 3.63) is 28.8 Å². The van der Waals surface area contributed by atoms with Gasteiger partial charge in [0.1, 0.15) is 6.10 Å². The number of nitrogens with zero attached hydrogens (tertiary/aromatic N) is 2. The summed E-state index contributed by atoms with van der Waals surface area (Å²) in [5.41, 5.74) is 0.0941. The van der Waals surface area contributed by atoms with Crippen LogP contribution in [-0.4, -0.2) is 53.3 Å². The number of benzene rings is 1. The number of alkyl halides is 3. The summed E-state index contributed by atoms with van der Waals surface area (Å²) in [4.78, 5) is 30.4. The first-order chi connectivity index (χ1) is 12.3. The van der Waals surface area contributed by atoms with E-state index in [1.54, 1.807) is 6.07 Å². The number of hydrogen-bond donors (Lipinski definition) is 1. The molecule has 0 saturated carbocycles. The molecule has 0 atom stereocenters. The maximum atomic E-state index is 12.5. The Balaban J connectivity index is 1.75. The third kappa shape index (κ3) is 3.58. The highest BCUT2D eigenvalue weighted by Crippen LogP contribution is 2.32. The van der Waals surface area contributed by atoms with Gasteiger partial charge in [0.05, 0.1) is 24.3 Å². The molecular weight excluding hydrogens is 355 g/mol. The van der Waals surface area contributed by atoms with Gasteiger partial charge in [0, 0.05) is 32.0 Å². The molecule has 1 aliphatic heterocycles. The topological polar surface area (TPSA) is 84.5 Å². The lowest BCUT2D eigenvalue weighted by molar-refractivity contribution is -0.187. The third-order valence-electron chi connectivity index (χ3n) is 4.19. The van der Waals surface area contributed by atoms with Crippen LogP contribution in [-0.2, 0) is 4.79 Å². The molecule has 1 aromatic carbocycles. The molecular formula is C16H16F3N3O4. The molecule has 1 N–H and O–H groups in total. The second-order valence-electron chi connectivity index (χ2n) is 5.86. The first kappa shape index (κ1) is 18.0. The molecule has 0 bridgehead atoms. The Kier molecular flexibility index (Phi) is 4.75. The fourth-order valence-electron chi connectivity index (χ4n) is 2.86. The second kappa shape index (κ2) is 6.85. The molecule has 0 unspecified atom stereocenters. The highest BCUT2D eigenvalue weighted by molar-refractivity contribution is 5.82. The van der Waals surface area contributed by atoms with Crippen molar-refractivity contribution in [1.29, 1.82) is 0 Å². The van der Waals surface area contributed by atoms with Gasteiger partial charge < -0.3 is 19.4 Å². The number of nitrogens with one attached hydrogen (secondary N) is 1. The Morgan fingerprint density at radius 3 is 2.58 bits per heavy atom. The largest absolute Gasteiger partial charge is 0.493 e. The standard InChI is InChI=1S/C16H16F3N3O4/c1-25-12-7-11-10(14(23)21-8-20-11)6-13(12)26-9-2-4-22(5-3-9)15(24)16(17,18)19/h6-9H,2-5H2,1H3,(H,20,21,23). The van der Waals surface area contributed by atoms with Gasteiger partial charge in [-0.25, -0.2) is 4.98 Å². The fourth-order valence-corrected chi connectivity index (χ4v) is 2.86. The number of fused-ring (bicyclic) bond motifs is 1. The SMILES string of the molecule is COc1cc2nc[nH]c(=O)c2cc1OC1CCN(C(=O)C(F)(F)F)CC1. The van der Waals surface area contributed by atoms with Crippen molar-refractivity contribution in [3.63, 3.8) is 0 Å². The molecule has 1 amide bonds. The summed E-state index contributed by atoms with van der Waals surface area (Å²) in [5, 5.41) is 0.313. The van der Waals surface area contributed by atoms with Gasteiger partial charge in [-0.1, -0.05) is 0 Å². The van der Waals surface area contributed by atoms with Crippen LogP contribution in [0.25, 0.3) is 10.9 Å². The summed E-state index contributed by atoms with van der Waals surface area (Å²) in [7, 11) is 1.44. The number of carbonyl (C=O) groups excluding carboxylic acids is 1. The molecule has 1 saturated heterocycles. The Morgan fingerprint density at radius 1 is 1.27 bits per heavy atom. The zero-order chi connectivity index (χ0) is 18.9. The van der Waals surface area contributed by atoms with E-state index < -0.39 is 18.2 Å². The van der Waals surface area contributed by atoms with E-state index in [2.05, 4.69) is 9.97 Å². The highest BCUT2D eigenvalue weighted by atomic mass is 19.4. The van der Waals surface area contributed by atoms with Crippen LogP contribution in [0.3, 0.4) is 0 Å². The number of rotatable bonds is 3. The first-order valence-electron chi connectivity index (χ1n) is 7.88. The van der Waals surface area contributed by atoms with Crippen LogP contribution in [0.5, 0.6) is 11.5 Å². The molecule has 0 aliphatic carbocycles. The lowest BCUT2D eigenvalue weighted by Gasteiger charge is -2.32. The van der Waals surface area contributed by atoms with Gasteiger partial charge in [0.2, 0.25) is 0 Å². The van der Waals surface area contributed by atoms with Crippen LogP contribution in [0, 0.1) is 0 Å². The van der Waals surface area contributed by atoms with Crippen LogP contribution in [0.1, 0.15) is 12.8 Å². The van der Waals surface area contributed by atoms with Crippen LogP contribution >= 0.6 is 0 Å². The molecule has 26 heavy (non-hydrogen) atoms. The van der Waals surface area contributed by atoms with Crippen LogP contribution in [0.2, 0.25) is 0 Å². The summed E-state index contributed by atoms with van der Waals surface area (Å²) >= 11 is 0. The molecule has 0 radical (unpaired) electrons. The van der Waals surface area contributed by atoms with Crippen molar-refractivity contribution in [1.82, 2.24) is 14.9 Å². The molecule has 2 aromatic rings. The minimum atomic E-state index is -4.87. The monoisotopic (exact) mass is 371 g/mol. The first-order valence-corrected chi connectivity index (χ1v) is 7.88. The maximum Gasteiger partial charge on any atom is 0.471 e. The predicted octanol–water partition coefficient (Wildman–Crippen LogP) is 1.86. The van der Waals surface area contributed by atoms with Gasteiger partial charge in [-0.15, -0.1) is 0 Å². The lowest BCUT2D eigenvalue weighted by Crippen LogP contribution is -2.47. The maximum absolute atomic E-state index is 12.5. The van der Waals surface area contributed by atoms with E-state index in [9.17, 15) is 22.8 Å². The normalized spacial score (nSPS) is 15.9. The molecule has 140 valence electrons. The number of methoxy groups -OCH3 is 1. The van der Waals surface area contributed by atoms with Crippen molar-refractivity contribution in [2.24, 2.45) is 0 Å². The zero-order valence-corrected chi connectivity index (χ0v) is 13.8. The van der Waals surface area contributed by atoms with E-state index in [0.717, 1.165) is 4.90 Å². The average Bonchev–Trinajstić information content (AvgIpc) is 2.61. The van der Waals surface area contributed by atoms with E-state index in [1.165, 1.54) is 19.5 Å². The smallest absolute Gasteiger partial charge is 0.471 e. The van der Waals surface area contributed by atoms with Crippen LogP contribution < -0.4 is 15.0 Å². The van der Waals surface area contributed by atoms with E-state index in [4.69, 9.17) is 9.47 Å². The van der Waals surface area contributed by atoms with Crippen LogP contribution in [0.4, 0.5) is 13.2 Å². The number of H-pyrrole nitrogens is 1. The molecule has 0 spiro atoms. The summed E-state index contributed by atoms with van der Waals surface area (Å²) in [6, 6.07) is 3.05. The van der Waals surface area contributed by atoms with Crippen molar-refractivity contribution in [3.8, 4) is 11.5 Å². The summed E-state index contributed by atoms with van der Waals surface area (Å²) < 4.78 is 48.5. The number of hydrogen-bond acceptors (Lipinski definition) is 5. The molecule has 2 heterocycles. The molecule has 1 aromatic heterocycles. The minimum absolute atomic E-state index is 0.0545. The van der Waals surface area contributed by atoms with Gasteiger partial charge in [-0.3, -0.25) is 9.59 Å². The molecule has 1 fully saturated rings. The van der Waals surface area contributed by atoms with Gasteiger partial charge in [-0.05, 0) is 6.07 Å². The van der Waals surface area contributed by atoms with E-state index in [0.29, 0.717) is 22.4 Å². The Morgan fingerprint density at radius 2 is 1.96 bits per heavy atom. The number of likely N-dealkylation sites (tertiary alicyclic amines) is 1. The van der Waals surface area contributed by atoms with Crippen molar-refractivity contribution >= 4 is 16.8 Å². The molecule has 10 heteroatoms. The molecule has 7 nitrogen and oxygen atoms in total. The number of halogens is 3. The molecule has 1 aliphatic rings. The van der Waals surface area contributed by atoms with Crippen molar-refractivity contribution < 1.29 is 27.4 Å². The van der Waals surface area contributed by atoms with Crippen LogP contribution in [0.15, 0.2) is 23.3 Å².